The van der Waals surface area contributed by atoms with Crippen molar-refractivity contribution in [3.63, 3.8) is 0 Å². The van der Waals surface area contributed by atoms with Gasteiger partial charge < -0.3 is 15.4 Å². The van der Waals surface area contributed by atoms with E-state index in [1.807, 2.05) is 12.1 Å². The van der Waals surface area contributed by atoms with E-state index in [0.717, 1.165) is 5.56 Å². The maximum absolute atomic E-state index is 11.6. The summed E-state index contributed by atoms with van der Waals surface area (Å²) in [4.78, 5) is 19.6. The quantitative estimate of drug-likeness (QED) is 0.885. The maximum Gasteiger partial charge on any atom is 0.318 e. The van der Waals surface area contributed by atoms with Crippen LogP contribution in [0.4, 0.5) is 5.82 Å². The molecule has 2 N–H and O–H groups in total. The zero-order chi connectivity index (χ0) is 15.2. The van der Waals surface area contributed by atoms with E-state index in [9.17, 15) is 4.79 Å². The van der Waals surface area contributed by atoms with Gasteiger partial charge >= 0.3 is 6.01 Å². The van der Waals surface area contributed by atoms with Gasteiger partial charge in [0.2, 0.25) is 0 Å². The summed E-state index contributed by atoms with van der Waals surface area (Å²) in [6.07, 6.45) is 1.47. The standard InChI is InChI=1S/C14H15ClN4O2/c1-16-13(20)10-5-3-4-9(6-10)7-17-12-11(15)8-18-14(19-12)21-2/h3-6,8H,7H2,1-2H3,(H,16,20)(H,17,18,19). The van der Waals surface area contributed by atoms with Gasteiger partial charge in [0.1, 0.15) is 5.02 Å². The molecule has 7 heteroatoms. The molecule has 6 nitrogen and oxygen atoms in total. The van der Waals surface area contributed by atoms with Crippen LogP contribution in [0, 0.1) is 0 Å². The van der Waals surface area contributed by atoms with Gasteiger partial charge in [-0.3, -0.25) is 4.79 Å². The summed E-state index contributed by atoms with van der Waals surface area (Å²) in [6, 6.07) is 7.53. The predicted molar refractivity (Wildman–Crippen MR) is 80.8 cm³/mol. The topological polar surface area (TPSA) is 76.1 Å². The van der Waals surface area contributed by atoms with E-state index in [0.29, 0.717) is 22.9 Å². The van der Waals surface area contributed by atoms with Crippen LogP contribution in [-0.4, -0.2) is 30.0 Å². The first-order valence-corrected chi connectivity index (χ1v) is 6.63. The molecule has 2 aromatic rings. The molecule has 0 fully saturated rings. The van der Waals surface area contributed by atoms with Gasteiger partial charge in [-0.15, -0.1) is 0 Å². The second-order valence-corrected chi connectivity index (χ2v) is 4.59. The lowest BCUT2D eigenvalue weighted by molar-refractivity contribution is 0.0963. The van der Waals surface area contributed by atoms with Crippen molar-refractivity contribution in [2.45, 2.75) is 6.54 Å². The van der Waals surface area contributed by atoms with Crippen LogP contribution in [0.2, 0.25) is 5.02 Å². The van der Waals surface area contributed by atoms with Crippen LogP contribution in [0.3, 0.4) is 0 Å². The Morgan fingerprint density at radius 2 is 2.24 bits per heavy atom. The second kappa shape index (κ2) is 6.90. The highest BCUT2D eigenvalue weighted by molar-refractivity contribution is 6.32. The van der Waals surface area contributed by atoms with E-state index in [1.54, 1.807) is 19.2 Å². The number of nitrogens with one attached hydrogen (secondary N) is 2. The van der Waals surface area contributed by atoms with Crippen LogP contribution in [0.5, 0.6) is 6.01 Å². The Morgan fingerprint density at radius 1 is 1.43 bits per heavy atom. The fourth-order valence-corrected chi connectivity index (χ4v) is 1.88. The number of rotatable bonds is 5. The Bertz CT molecular complexity index is 649. The van der Waals surface area contributed by atoms with Crippen LogP contribution in [-0.2, 0) is 6.54 Å². The Morgan fingerprint density at radius 3 is 2.95 bits per heavy atom. The third-order valence-corrected chi connectivity index (χ3v) is 3.06. The number of amides is 1. The molecule has 0 aliphatic rings. The van der Waals surface area contributed by atoms with Crippen LogP contribution in [0.25, 0.3) is 0 Å². The number of aromatic nitrogens is 2. The highest BCUT2D eigenvalue weighted by atomic mass is 35.5. The summed E-state index contributed by atoms with van der Waals surface area (Å²) < 4.78 is 4.95. The SMILES string of the molecule is CNC(=O)c1cccc(CNc2nc(OC)ncc2Cl)c1. The van der Waals surface area contributed by atoms with Crippen molar-refractivity contribution in [2.24, 2.45) is 0 Å². The summed E-state index contributed by atoms with van der Waals surface area (Å²) >= 11 is 6.02. The van der Waals surface area contributed by atoms with Gasteiger partial charge in [-0.25, -0.2) is 4.98 Å². The summed E-state index contributed by atoms with van der Waals surface area (Å²) in [5.41, 5.74) is 1.54. The lowest BCUT2D eigenvalue weighted by Gasteiger charge is -2.09. The highest BCUT2D eigenvalue weighted by Gasteiger charge is 2.07. The minimum atomic E-state index is -0.126. The van der Waals surface area contributed by atoms with E-state index in [-0.39, 0.29) is 11.9 Å². The Labute approximate surface area is 127 Å². The number of carbonyl (C=O) groups is 1. The van der Waals surface area contributed by atoms with Crippen molar-refractivity contribution >= 4 is 23.3 Å². The molecule has 1 aromatic heterocycles. The number of benzene rings is 1. The molecule has 0 spiro atoms. The fraction of sp³-hybridized carbons (Fsp3) is 0.214. The van der Waals surface area contributed by atoms with Crippen LogP contribution in [0.15, 0.2) is 30.5 Å². The first kappa shape index (κ1) is 15.1. The number of carbonyl (C=O) groups excluding carboxylic acids is 1. The number of nitrogens with zero attached hydrogens (tertiary/aromatic N) is 2. The lowest BCUT2D eigenvalue weighted by atomic mass is 10.1. The van der Waals surface area contributed by atoms with E-state index in [2.05, 4.69) is 20.6 Å². The third-order valence-electron chi connectivity index (χ3n) is 2.78. The van der Waals surface area contributed by atoms with Gasteiger partial charge in [0.25, 0.3) is 5.91 Å². The minimum Gasteiger partial charge on any atom is -0.467 e. The molecule has 0 bridgehead atoms. The Balaban J connectivity index is 2.11. The maximum atomic E-state index is 11.6. The molecule has 0 atom stereocenters. The molecule has 1 heterocycles. The average molecular weight is 307 g/mol. The van der Waals surface area contributed by atoms with E-state index in [1.165, 1.54) is 13.3 Å². The Hall–Kier alpha value is -2.34. The molecule has 110 valence electrons. The average Bonchev–Trinajstić information content (AvgIpc) is 2.53. The zero-order valence-electron chi connectivity index (χ0n) is 11.7. The number of halogens is 1. The van der Waals surface area contributed by atoms with Gasteiger partial charge in [-0.2, -0.15) is 4.98 Å². The van der Waals surface area contributed by atoms with Crippen molar-refractivity contribution in [3.05, 3.63) is 46.6 Å². The molecule has 21 heavy (non-hydrogen) atoms. The molecular formula is C14H15ClN4O2. The first-order valence-electron chi connectivity index (χ1n) is 6.25. The van der Waals surface area contributed by atoms with E-state index < -0.39 is 0 Å². The molecule has 0 unspecified atom stereocenters. The summed E-state index contributed by atoms with van der Waals surface area (Å²) in [7, 11) is 3.08. The van der Waals surface area contributed by atoms with Crippen molar-refractivity contribution in [1.29, 1.82) is 0 Å². The normalized spacial score (nSPS) is 10.0. The molecule has 0 saturated heterocycles. The Kier molecular flexibility index (Phi) is 4.94. The number of anilines is 1. The number of hydrogen-bond acceptors (Lipinski definition) is 5. The summed E-state index contributed by atoms with van der Waals surface area (Å²) in [5, 5.41) is 6.08. The third kappa shape index (κ3) is 3.82. The fourth-order valence-electron chi connectivity index (χ4n) is 1.73. The van der Waals surface area contributed by atoms with Crippen molar-refractivity contribution in [2.75, 3.05) is 19.5 Å². The number of hydrogen-bond donors (Lipinski definition) is 2. The number of methoxy groups -OCH3 is 1. The van der Waals surface area contributed by atoms with Crippen molar-refractivity contribution in [1.82, 2.24) is 15.3 Å². The van der Waals surface area contributed by atoms with Gasteiger partial charge in [-0.1, -0.05) is 23.7 Å². The second-order valence-electron chi connectivity index (χ2n) is 4.19. The van der Waals surface area contributed by atoms with Gasteiger partial charge in [-0.05, 0) is 17.7 Å². The predicted octanol–water partition coefficient (Wildman–Crippen LogP) is 2.11. The van der Waals surface area contributed by atoms with Crippen LogP contribution in [0.1, 0.15) is 15.9 Å². The van der Waals surface area contributed by atoms with Crippen LogP contribution < -0.4 is 15.4 Å². The van der Waals surface area contributed by atoms with Crippen molar-refractivity contribution in [3.8, 4) is 6.01 Å². The minimum absolute atomic E-state index is 0.126. The zero-order valence-corrected chi connectivity index (χ0v) is 12.4. The molecule has 2 rings (SSSR count). The summed E-state index contributed by atoms with van der Waals surface area (Å²) in [5.74, 6) is 0.354. The molecule has 0 saturated carbocycles. The van der Waals surface area contributed by atoms with E-state index in [4.69, 9.17) is 16.3 Å². The molecule has 0 aliphatic carbocycles. The molecule has 1 aromatic carbocycles. The van der Waals surface area contributed by atoms with E-state index >= 15 is 0 Å². The van der Waals surface area contributed by atoms with Gasteiger partial charge in [0.15, 0.2) is 5.82 Å². The lowest BCUT2D eigenvalue weighted by Crippen LogP contribution is -2.18. The van der Waals surface area contributed by atoms with Crippen LogP contribution >= 0.6 is 11.6 Å². The van der Waals surface area contributed by atoms with Crippen molar-refractivity contribution < 1.29 is 9.53 Å². The highest BCUT2D eigenvalue weighted by Crippen LogP contribution is 2.20. The molecule has 0 radical (unpaired) electrons. The molecule has 1 amide bonds. The smallest absolute Gasteiger partial charge is 0.318 e. The monoisotopic (exact) mass is 306 g/mol. The summed E-state index contributed by atoms with van der Waals surface area (Å²) in [6.45, 7) is 0.477. The number of ether oxygens (including phenoxy) is 1. The van der Waals surface area contributed by atoms with Gasteiger partial charge in [0, 0.05) is 19.2 Å². The van der Waals surface area contributed by atoms with Gasteiger partial charge in [0.05, 0.1) is 13.3 Å². The first-order chi connectivity index (χ1) is 10.1. The molecular weight excluding hydrogens is 292 g/mol. The molecule has 0 aliphatic heterocycles. The largest absolute Gasteiger partial charge is 0.467 e.